The number of carbonyl (C=O) groups excluding carboxylic acids is 1. The van der Waals surface area contributed by atoms with Crippen LogP contribution >= 0.6 is 0 Å². The normalized spacial score (nSPS) is 10.7. The van der Waals surface area contributed by atoms with E-state index in [1.165, 1.54) is 12.1 Å². The van der Waals surface area contributed by atoms with Gasteiger partial charge in [-0.25, -0.2) is 9.18 Å². The van der Waals surface area contributed by atoms with Crippen molar-refractivity contribution in [1.29, 1.82) is 0 Å². The Morgan fingerprint density at radius 2 is 2.05 bits per heavy atom. The van der Waals surface area contributed by atoms with Gasteiger partial charge in [0.2, 0.25) is 0 Å². The molecule has 5 heteroatoms. The van der Waals surface area contributed by atoms with Crippen molar-refractivity contribution >= 4 is 5.97 Å². The zero-order valence-corrected chi connectivity index (χ0v) is 10.8. The minimum atomic E-state index is -0.493. The molecule has 0 saturated carbocycles. The average Bonchev–Trinajstić information content (AvgIpc) is 2.87. The molecule has 0 radical (unpaired) electrons. The van der Waals surface area contributed by atoms with Crippen LogP contribution in [0.25, 0.3) is 0 Å². The van der Waals surface area contributed by atoms with Crippen LogP contribution in [0.1, 0.15) is 41.5 Å². The number of hydrogen-bond donors (Lipinski definition) is 1. The summed E-state index contributed by atoms with van der Waals surface area (Å²) in [6.07, 6.45) is 0. The predicted molar refractivity (Wildman–Crippen MR) is 68.2 cm³/mol. The van der Waals surface area contributed by atoms with Crippen LogP contribution in [-0.2, 0) is 11.3 Å². The maximum atomic E-state index is 12.7. The molecular weight excluding hydrogens is 247 g/mol. The number of halogens is 1. The van der Waals surface area contributed by atoms with Gasteiger partial charge in [0.05, 0.1) is 0 Å². The summed E-state index contributed by atoms with van der Waals surface area (Å²) in [7, 11) is 0. The van der Waals surface area contributed by atoms with Gasteiger partial charge in [-0.15, -0.1) is 0 Å². The van der Waals surface area contributed by atoms with Gasteiger partial charge < -0.3 is 4.74 Å². The monoisotopic (exact) mass is 262 g/mol. The largest absolute Gasteiger partial charge is 0.456 e. The summed E-state index contributed by atoms with van der Waals surface area (Å²) in [4.78, 5) is 11.7. The van der Waals surface area contributed by atoms with Crippen LogP contribution in [0.2, 0.25) is 0 Å². The molecule has 1 heterocycles. The van der Waals surface area contributed by atoms with E-state index in [-0.39, 0.29) is 24.0 Å². The maximum absolute atomic E-state index is 12.7. The first kappa shape index (κ1) is 13.3. The van der Waals surface area contributed by atoms with Gasteiger partial charge in [0.25, 0.3) is 0 Å². The molecule has 0 amide bonds. The van der Waals surface area contributed by atoms with E-state index in [9.17, 15) is 9.18 Å². The Hall–Kier alpha value is -2.17. The highest BCUT2D eigenvalue weighted by Crippen LogP contribution is 2.13. The van der Waals surface area contributed by atoms with E-state index < -0.39 is 5.97 Å². The molecule has 0 atom stereocenters. The van der Waals surface area contributed by atoms with E-state index in [1.54, 1.807) is 18.2 Å². The summed E-state index contributed by atoms with van der Waals surface area (Å²) >= 11 is 0. The first-order chi connectivity index (χ1) is 9.06. The molecule has 0 bridgehead atoms. The van der Waals surface area contributed by atoms with E-state index in [0.29, 0.717) is 0 Å². The van der Waals surface area contributed by atoms with Crippen LogP contribution in [0, 0.1) is 5.82 Å². The first-order valence-electron chi connectivity index (χ1n) is 6.03. The topological polar surface area (TPSA) is 55.0 Å². The van der Waals surface area contributed by atoms with Gasteiger partial charge in [0, 0.05) is 5.69 Å². The Kier molecular flexibility index (Phi) is 3.94. The molecular formula is C14H15FN2O2. The van der Waals surface area contributed by atoms with E-state index in [2.05, 4.69) is 10.2 Å². The number of aromatic amines is 1. The van der Waals surface area contributed by atoms with Crippen molar-refractivity contribution in [2.45, 2.75) is 26.4 Å². The van der Waals surface area contributed by atoms with Crippen molar-refractivity contribution in [1.82, 2.24) is 10.2 Å². The highest BCUT2D eigenvalue weighted by molar-refractivity contribution is 5.87. The van der Waals surface area contributed by atoms with Crippen molar-refractivity contribution < 1.29 is 13.9 Å². The summed E-state index contributed by atoms with van der Waals surface area (Å²) in [6, 6.07) is 7.49. The number of nitrogens with zero attached hydrogens (tertiary/aromatic N) is 1. The van der Waals surface area contributed by atoms with Crippen LogP contribution in [0.5, 0.6) is 0 Å². The lowest BCUT2D eigenvalue weighted by Gasteiger charge is -2.02. The van der Waals surface area contributed by atoms with Gasteiger partial charge >= 0.3 is 5.97 Å². The van der Waals surface area contributed by atoms with Crippen LogP contribution in [-0.4, -0.2) is 16.2 Å². The molecule has 0 fully saturated rings. The molecule has 19 heavy (non-hydrogen) atoms. The summed E-state index contributed by atoms with van der Waals surface area (Å²) < 4.78 is 17.8. The molecule has 0 aliphatic rings. The third kappa shape index (κ3) is 3.40. The second kappa shape index (κ2) is 5.65. The fourth-order valence-corrected chi connectivity index (χ4v) is 1.54. The minimum Gasteiger partial charge on any atom is -0.456 e. The standard InChI is InChI=1S/C14H15FN2O2/c1-9(2)12-7-13(17-16-12)14(18)19-8-10-3-5-11(15)6-4-10/h3-7,9H,8H2,1-2H3,(H,16,17). The number of hydrogen-bond acceptors (Lipinski definition) is 3. The minimum absolute atomic E-state index is 0.100. The number of nitrogens with one attached hydrogen (secondary N) is 1. The van der Waals surface area contributed by atoms with Crippen molar-refractivity contribution in [2.75, 3.05) is 0 Å². The number of aromatic nitrogens is 2. The molecule has 100 valence electrons. The van der Waals surface area contributed by atoms with Crippen molar-refractivity contribution in [3.63, 3.8) is 0 Å². The van der Waals surface area contributed by atoms with Crippen LogP contribution < -0.4 is 0 Å². The number of carbonyl (C=O) groups is 1. The second-order valence-electron chi connectivity index (χ2n) is 4.57. The van der Waals surface area contributed by atoms with Gasteiger partial charge in [-0.05, 0) is 29.7 Å². The zero-order valence-electron chi connectivity index (χ0n) is 10.8. The summed E-state index contributed by atoms with van der Waals surface area (Å²) in [5, 5.41) is 6.70. The number of benzene rings is 1. The molecule has 2 rings (SSSR count). The fraction of sp³-hybridized carbons (Fsp3) is 0.286. The van der Waals surface area contributed by atoms with Crippen molar-refractivity contribution in [3.8, 4) is 0 Å². The number of ether oxygens (including phenoxy) is 1. The third-order valence-corrected chi connectivity index (χ3v) is 2.71. The van der Waals surface area contributed by atoms with Crippen LogP contribution in [0.3, 0.4) is 0 Å². The Labute approximate surface area is 110 Å². The lowest BCUT2D eigenvalue weighted by atomic mass is 10.1. The quantitative estimate of drug-likeness (QED) is 0.862. The van der Waals surface area contributed by atoms with Gasteiger partial charge in [-0.1, -0.05) is 26.0 Å². The third-order valence-electron chi connectivity index (χ3n) is 2.71. The lowest BCUT2D eigenvalue weighted by molar-refractivity contribution is 0.0465. The van der Waals surface area contributed by atoms with E-state index in [1.807, 2.05) is 13.8 Å². The molecule has 0 aliphatic carbocycles. The van der Waals surface area contributed by atoms with Gasteiger partial charge in [-0.2, -0.15) is 5.10 Å². The van der Waals surface area contributed by atoms with Gasteiger partial charge in [0.15, 0.2) is 5.69 Å². The molecule has 0 unspecified atom stereocenters. The van der Waals surface area contributed by atoms with E-state index in [0.717, 1.165) is 11.3 Å². The lowest BCUT2D eigenvalue weighted by Crippen LogP contribution is -2.05. The van der Waals surface area contributed by atoms with Crippen LogP contribution in [0.4, 0.5) is 4.39 Å². The van der Waals surface area contributed by atoms with E-state index in [4.69, 9.17) is 4.74 Å². The number of rotatable bonds is 4. The van der Waals surface area contributed by atoms with Gasteiger partial charge in [-0.3, -0.25) is 5.10 Å². The Bertz CT molecular complexity index is 561. The molecule has 0 spiro atoms. The summed E-state index contributed by atoms with van der Waals surface area (Å²) in [5.41, 5.74) is 1.87. The number of esters is 1. The molecule has 4 nitrogen and oxygen atoms in total. The van der Waals surface area contributed by atoms with E-state index >= 15 is 0 Å². The molecule has 1 aromatic heterocycles. The molecule has 1 aromatic carbocycles. The number of H-pyrrole nitrogens is 1. The highest BCUT2D eigenvalue weighted by Gasteiger charge is 2.13. The molecule has 1 N–H and O–H groups in total. The Balaban J connectivity index is 1.95. The average molecular weight is 262 g/mol. The van der Waals surface area contributed by atoms with Gasteiger partial charge in [0.1, 0.15) is 12.4 Å². The van der Waals surface area contributed by atoms with Crippen molar-refractivity contribution in [2.24, 2.45) is 0 Å². The SMILES string of the molecule is CC(C)c1cc(C(=O)OCc2ccc(F)cc2)n[nH]1. The Morgan fingerprint density at radius 1 is 1.37 bits per heavy atom. The first-order valence-corrected chi connectivity index (χ1v) is 6.03. The summed E-state index contributed by atoms with van der Waals surface area (Å²) in [5.74, 6) is -0.539. The molecule has 0 aliphatic heterocycles. The smallest absolute Gasteiger partial charge is 0.359 e. The summed E-state index contributed by atoms with van der Waals surface area (Å²) in [6.45, 7) is 4.10. The highest BCUT2D eigenvalue weighted by atomic mass is 19.1. The van der Waals surface area contributed by atoms with Crippen molar-refractivity contribution in [3.05, 3.63) is 53.1 Å². The second-order valence-corrected chi connectivity index (χ2v) is 4.57. The zero-order chi connectivity index (χ0) is 13.8. The fourth-order valence-electron chi connectivity index (χ4n) is 1.54. The Morgan fingerprint density at radius 3 is 2.63 bits per heavy atom. The molecule has 0 saturated heterocycles. The molecule has 2 aromatic rings. The van der Waals surface area contributed by atoms with Crippen LogP contribution in [0.15, 0.2) is 30.3 Å². The predicted octanol–water partition coefficient (Wildman–Crippen LogP) is 3.03. The maximum Gasteiger partial charge on any atom is 0.359 e.